The van der Waals surface area contributed by atoms with Crippen LogP contribution in [-0.4, -0.2) is 37.7 Å². The number of nitrogens with zero attached hydrogens (tertiary/aromatic N) is 1. The van der Waals surface area contributed by atoms with Crippen molar-refractivity contribution in [3.8, 4) is 0 Å². The summed E-state index contributed by atoms with van der Waals surface area (Å²) in [6.45, 7) is 3.56. The van der Waals surface area contributed by atoms with Crippen molar-refractivity contribution in [1.29, 1.82) is 0 Å². The van der Waals surface area contributed by atoms with E-state index in [1.807, 2.05) is 6.92 Å². The number of amides is 2. The molecule has 0 saturated heterocycles. The predicted octanol–water partition coefficient (Wildman–Crippen LogP) is 2.10. The van der Waals surface area contributed by atoms with Gasteiger partial charge in [0.05, 0.1) is 12.6 Å². The Morgan fingerprint density at radius 1 is 1.58 bits per heavy atom. The zero-order valence-corrected chi connectivity index (χ0v) is 11.3. The fourth-order valence-corrected chi connectivity index (χ4v) is 2.44. The van der Waals surface area contributed by atoms with Crippen LogP contribution in [-0.2, 0) is 11.2 Å². The molecular weight excluding hydrogens is 247 g/mol. The molecule has 0 fully saturated rings. The van der Waals surface area contributed by atoms with Crippen molar-refractivity contribution in [2.24, 2.45) is 0 Å². The van der Waals surface area contributed by atoms with Gasteiger partial charge >= 0.3 is 6.03 Å². The van der Waals surface area contributed by atoms with E-state index in [-0.39, 0.29) is 17.9 Å². The number of hydrogen-bond acceptors (Lipinski definition) is 2. The Morgan fingerprint density at radius 3 is 3.11 bits per heavy atom. The first-order chi connectivity index (χ1) is 9.13. The van der Waals surface area contributed by atoms with E-state index in [2.05, 4.69) is 5.32 Å². The van der Waals surface area contributed by atoms with E-state index in [1.165, 1.54) is 6.07 Å². The van der Waals surface area contributed by atoms with E-state index in [9.17, 15) is 9.18 Å². The summed E-state index contributed by atoms with van der Waals surface area (Å²) in [6, 6.07) is 4.64. The summed E-state index contributed by atoms with van der Waals surface area (Å²) < 4.78 is 18.1. The van der Waals surface area contributed by atoms with Crippen LogP contribution in [0.5, 0.6) is 0 Å². The minimum Gasteiger partial charge on any atom is -0.383 e. The molecule has 104 valence electrons. The summed E-state index contributed by atoms with van der Waals surface area (Å²) in [5.74, 6) is -0.219. The van der Waals surface area contributed by atoms with Crippen molar-refractivity contribution in [2.75, 3.05) is 26.8 Å². The molecule has 0 spiro atoms. The zero-order valence-electron chi connectivity index (χ0n) is 11.3. The van der Waals surface area contributed by atoms with Gasteiger partial charge in [-0.15, -0.1) is 0 Å². The maximum absolute atomic E-state index is 13.2. The van der Waals surface area contributed by atoms with Crippen LogP contribution in [0.15, 0.2) is 18.2 Å². The number of hydrogen-bond donors (Lipinski definition) is 1. The van der Waals surface area contributed by atoms with Crippen molar-refractivity contribution in [3.05, 3.63) is 35.1 Å². The van der Waals surface area contributed by atoms with E-state index in [4.69, 9.17) is 4.74 Å². The van der Waals surface area contributed by atoms with Gasteiger partial charge < -0.3 is 15.0 Å². The molecule has 2 rings (SSSR count). The molecule has 4 nitrogen and oxygen atoms in total. The van der Waals surface area contributed by atoms with Crippen molar-refractivity contribution in [1.82, 2.24) is 10.2 Å². The number of carbonyl (C=O) groups excluding carboxylic acids is 1. The lowest BCUT2D eigenvalue weighted by molar-refractivity contribution is 0.164. The molecule has 1 aliphatic rings. The number of benzene rings is 1. The Labute approximate surface area is 112 Å². The van der Waals surface area contributed by atoms with Crippen LogP contribution in [0.2, 0.25) is 0 Å². The summed E-state index contributed by atoms with van der Waals surface area (Å²) in [4.78, 5) is 13.8. The maximum Gasteiger partial charge on any atom is 0.317 e. The second-order valence-corrected chi connectivity index (χ2v) is 4.69. The highest BCUT2D eigenvalue weighted by atomic mass is 19.1. The van der Waals surface area contributed by atoms with Crippen LogP contribution in [0.3, 0.4) is 0 Å². The molecule has 1 aromatic carbocycles. The van der Waals surface area contributed by atoms with Crippen LogP contribution < -0.4 is 5.32 Å². The Hall–Kier alpha value is -1.62. The molecule has 0 radical (unpaired) electrons. The molecule has 1 heterocycles. The van der Waals surface area contributed by atoms with Gasteiger partial charge in [0.2, 0.25) is 0 Å². The molecule has 0 bridgehead atoms. The molecule has 1 N–H and O–H groups in total. The van der Waals surface area contributed by atoms with E-state index in [1.54, 1.807) is 24.1 Å². The number of carbonyl (C=O) groups is 1. The van der Waals surface area contributed by atoms with Crippen molar-refractivity contribution in [3.63, 3.8) is 0 Å². The Balaban J connectivity index is 2.06. The first kappa shape index (κ1) is 13.8. The molecule has 1 unspecified atom stereocenters. The number of fused-ring (bicyclic) bond motifs is 1. The lowest BCUT2D eigenvalue weighted by atomic mass is 9.94. The highest BCUT2D eigenvalue weighted by molar-refractivity contribution is 5.75. The smallest absolute Gasteiger partial charge is 0.317 e. The molecule has 2 amide bonds. The van der Waals surface area contributed by atoms with Crippen LogP contribution in [0.25, 0.3) is 0 Å². The van der Waals surface area contributed by atoms with Gasteiger partial charge in [0.15, 0.2) is 0 Å². The molecular formula is C14H19FN2O2. The molecule has 5 heteroatoms. The van der Waals surface area contributed by atoms with Gasteiger partial charge in [0, 0.05) is 20.2 Å². The minimum absolute atomic E-state index is 0.0353. The SMILES string of the molecule is COCCNC(=O)N1CCc2cc(F)ccc2C1C. The Kier molecular flexibility index (Phi) is 4.37. The fourth-order valence-electron chi connectivity index (χ4n) is 2.44. The average Bonchev–Trinajstić information content (AvgIpc) is 2.39. The van der Waals surface area contributed by atoms with Gasteiger partial charge in [0.25, 0.3) is 0 Å². The summed E-state index contributed by atoms with van der Waals surface area (Å²) in [5.41, 5.74) is 2.02. The summed E-state index contributed by atoms with van der Waals surface area (Å²) in [6.07, 6.45) is 0.690. The standard InChI is InChI=1S/C14H19FN2O2/c1-10-13-4-3-12(15)9-11(13)5-7-17(10)14(18)16-6-8-19-2/h3-4,9-10H,5-8H2,1-2H3,(H,16,18). The quantitative estimate of drug-likeness (QED) is 0.851. The molecule has 19 heavy (non-hydrogen) atoms. The van der Waals surface area contributed by atoms with Crippen molar-refractivity contribution < 1.29 is 13.9 Å². The van der Waals surface area contributed by atoms with Crippen LogP contribution in [0.4, 0.5) is 9.18 Å². The first-order valence-electron chi connectivity index (χ1n) is 6.45. The average molecular weight is 266 g/mol. The largest absolute Gasteiger partial charge is 0.383 e. The van der Waals surface area contributed by atoms with Gasteiger partial charge in [0.1, 0.15) is 5.82 Å². The molecule has 1 aliphatic heterocycles. The highest BCUT2D eigenvalue weighted by Crippen LogP contribution is 2.29. The van der Waals surface area contributed by atoms with Crippen molar-refractivity contribution >= 4 is 6.03 Å². The number of methoxy groups -OCH3 is 1. The predicted molar refractivity (Wildman–Crippen MR) is 70.5 cm³/mol. The molecule has 1 atom stereocenters. The zero-order chi connectivity index (χ0) is 13.8. The Morgan fingerprint density at radius 2 is 2.37 bits per heavy atom. The number of nitrogens with one attached hydrogen (secondary N) is 1. The van der Waals surface area contributed by atoms with Gasteiger partial charge in [-0.25, -0.2) is 9.18 Å². The number of rotatable bonds is 3. The highest BCUT2D eigenvalue weighted by Gasteiger charge is 2.27. The molecule has 1 aromatic rings. The van der Waals surface area contributed by atoms with Crippen LogP contribution >= 0.6 is 0 Å². The summed E-state index contributed by atoms with van der Waals surface area (Å²) in [7, 11) is 1.60. The lowest BCUT2D eigenvalue weighted by Gasteiger charge is -2.35. The van der Waals surface area contributed by atoms with Crippen molar-refractivity contribution in [2.45, 2.75) is 19.4 Å². The topological polar surface area (TPSA) is 41.6 Å². The third kappa shape index (κ3) is 3.04. The number of ether oxygens (including phenoxy) is 1. The summed E-state index contributed by atoms with van der Waals surface area (Å²) in [5, 5.41) is 2.81. The molecule has 0 saturated carbocycles. The first-order valence-corrected chi connectivity index (χ1v) is 6.45. The fraction of sp³-hybridized carbons (Fsp3) is 0.500. The Bertz CT molecular complexity index is 465. The lowest BCUT2D eigenvalue weighted by Crippen LogP contribution is -2.45. The third-order valence-electron chi connectivity index (χ3n) is 3.49. The monoisotopic (exact) mass is 266 g/mol. The van der Waals surface area contributed by atoms with E-state index < -0.39 is 0 Å². The second kappa shape index (κ2) is 6.02. The molecule has 0 aromatic heterocycles. The number of halogens is 1. The van der Waals surface area contributed by atoms with Gasteiger partial charge in [-0.05, 0) is 36.6 Å². The minimum atomic E-state index is -0.219. The maximum atomic E-state index is 13.2. The van der Waals surface area contributed by atoms with E-state index in [0.717, 1.165) is 11.1 Å². The van der Waals surface area contributed by atoms with E-state index >= 15 is 0 Å². The number of urea groups is 1. The van der Waals surface area contributed by atoms with Gasteiger partial charge in [-0.1, -0.05) is 6.07 Å². The second-order valence-electron chi connectivity index (χ2n) is 4.69. The van der Waals surface area contributed by atoms with Crippen LogP contribution in [0, 0.1) is 5.82 Å². The van der Waals surface area contributed by atoms with E-state index in [0.29, 0.717) is 26.1 Å². The van der Waals surface area contributed by atoms with Gasteiger partial charge in [-0.3, -0.25) is 0 Å². The van der Waals surface area contributed by atoms with Crippen LogP contribution in [0.1, 0.15) is 24.1 Å². The van der Waals surface area contributed by atoms with Gasteiger partial charge in [-0.2, -0.15) is 0 Å². The molecule has 0 aliphatic carbocycles. The third-order valence-corrected chi connectivity index (χ3v) is 3.49. The summed E-state index contributed by atoms with van der Waals surface area (Å²) >= 11 is 0. The normalized spacial score (nSPS) is 18.1.